The van der Waals surface area contributed by atoms with Gasteiger partial charge in [-0.1, -0.05) is 17.7 Å². The van der Waals surface area contributed by atoms with Crippen molar-refractivity contribution in [2.24, 2.45) is 0 Å². The summed E-state index contributed by atoms with van der Waals surface area (Å²) in [6.45, 7) is 2.00. The van der Waals surface area contributed by atoms with Gasteiger partial charge < -0.3 is 5.32 Å². The third kappa shape index (κ3) is 1.91. The van der Waals surface area contributed by atoms with Crippen molar-refractivity contribution < 1.29 is 9.59 Å². The Morgan fingerprint density at radius 1 is 1.25 bits per heavy atom. The summed E-state index contributed by atoms with van der Waals surface area (Å²) in [7, 11) is 1.52. The minimum Gasteiger partial charge on any atom is -0.373 e. The summed E-state index contributed by atoms with van der Waals surface area (Å²) in [4.78, 5) is 24.1. The third-order valence-electron chi connectivity index (χ3n) is 2.77. The molecule has 84 valence electrons. The normalized spacial score (nSPS) is 20.4. The van der Waals surface area contributed by atoms with Gasteiger partial charge in [-0.05, 0) is 19.1 Å². The number of rotatable bonds is 2. The lowest BCUT2D eigenvalue weighted by Gasteiger charge is -2.12. The number of amides is 2. The molecule has 1 fully saturated rings. The molecule has 4 nitrogen and oxygen atoms in total. The van der Waals surface area contributed by atoms with Gasteiger partial charge in [-0.15, -0.1) is 0 Å². The van der Waals surface area contributed by atoms with E-state index < -0.39 is 6.04 Å². The van der Waals surface area contributed by atoms with E-state index >= 15 is 0 Å². The topological polar surface area (TPSA) is 49.4 Å². The number of anilines is 1. The van der Waals surface area contributed by atoms with E-state index in [0.29, 0.717) is 0 Å². The fourth-order valence-corrected chi connectivity index (χ4v) is 1.72. The van der Waals surface area contributed by atoms with Gasteiger partial charge >= 0.3 is 0 Å². The highest BCUT2D eigenvalue weighted by atomic mass is 16.2. The number of carbonyl (C=O) groups excluding carboxylic acids is 2. The molecule has 0 aromatic heterocycles. The maximum atomic E-state index is 11.6. The molecule has 1 atom stereocenters. The summed E-state index contributed by atoms with van der Waals surface area (Å²) in [5.74, 6) is -0.291. The van der Waals surface area contributed by atoms with Crippen LogP contribution in [0.25, 0.3) is 0 Å². The molecule has 2 rings (SSSR count). The Hall–Kier alpha value is -1.84. The first-order valence-corrected chi connectivity index (χ1v) is 5.21. The standard InChI is InChI=1S/C12H14N2O2/c1-8-3-5-9(6-4-8)13-10-7-11(15)14(2)12(10)16/h3-6,10,13H,7H2,1-2H3/t10-/m1/s1. The monoisotopic (exact) mass is 218 g/mol. The molecule has 1 heterocycles. The summed E-state index contributed by atoms with van der Waals surface area (Å²) in [6.07, 6.45) is 0.239. The summed E-state index contributed by atoms with van der Waals surface area (Å²) in [6, 6.07) is 7.33. The molecule has 1 aliphatic rings. The summed E-state index contributed by atoms with van der Waals surface area (Å²) in [5.41, 5.74) is 2.03. The second kappa shape index (κ2) is 3.96. The molecule has 0 saturated carbocycles. The van der Waals surface area contributed by atoms with Gasteiger partial charge in [0.25, 0.3) is 5.91 Å². The highest BCUT2D eigenvalue weighted by molar-refractivity contribution is 6.06. The lowest BCUT2D eigenvalue weighted by atomic mass is 10.2. The lowest BCUT2D eigenvalue weighted by molar-refractivity contribution is -0.136. The number of likely N-dealkylation sites (tertiary alicyclic amines) is 1. The Morgan fingerprint density at radius 3 is 2.38 bits per heavy atom. The van der Waals surface area contributed by atoms with Gasteiger partial charge in [-0.3, -0.25) is 14.5 Å². The number of benzene rings is 1. The zero-order chi connectivity index (χ0) is 11.7. The van der Waals surface area contributed by atoms with Crippen LogP contribution >= 0.6 is 0 Å². The first-order valence-electron chi connectivity index (χ1n) is 5.21. The van der Waals surface area contributed by atoms with Crippen LogP contribution < -0.4 is 5.32 Å². The molecule has 1 aromatic rings. The zero-order valence-electron chi connectivity index (χ0n) is 9.36. The van der Waals surface area contributed by atoms with Crippen molar-refractivity contribution >= 4 is 17.5 Å². The predicted octanol–water partition coefficient (Wildman–Crippen LogP) is 1.16. The molecule has 1 aromatic carbocycles. The molecule has 0 aliphatic carbocycles. The number of hydrogen-bond acceptors (Lipinski definition) is 3. The quantitative estimate of drug-likeness (QED) is 0.758. The van der Waals surface area contributed by atoms with Crippen molar-refractivity contribution in [2.75, 3.05) is 12.4 Å². The molecule has 0 radical (unpaired) electrons. The minimum absolute atomic E-state index is 0.130. The maximum absolute atomic E-state index is 11.6. The fourth-order valence-electron chi connectivity index (χ4n) is 1.72. The molecule has 0 bridgehead atoms. The molecule has 0 unspecified atom stereocenters. The first kappa shape index (κ1) is 10.7. The van der Waals surface area contributed by atoms with E-state index in [1.807, 2.05) is 31.2 Å². The van der Waals surface area contributed by atoms with Crippen LogP contribution in [0.2, 0.25) is 0 Å². The molecule has 2 amide bonds. The molecular weight excluding hydrogens is 204 g/mol. The van der Waals surface area contributed by atoms with E-state index in [9.17, 15) is 9.59 Å². The van der Waals surface area contributed by atoms with Crippen molar-refractivity contribution in [1.29, 1.82) is 0 Å². The molecule has 16 heavy (non-hydrogen) atoms. The number of aryl methyl sites for hydroxylation is 1. The maximum Gasteiger partial charge on any atom is 0.251 e. The van der Waals surface area contributed by atoms with Crippen LogP contribution in [-0.2, 0) is 9.59 Å². The van der Waals surface area contributed by atoms with Crippen molar-refractivity contribution in [3.63, 3.8) is 0 Å². The van der Waals surface area contributed by atoms with E-state index in [-0.39, 0.29) is 18.2 Å². The van der Waals surface area contributed by atoms with Crippen LogP contribution in [-0.4, -0.2) is 29.8 Å². The number of carbonyl (C=O) groups is 2. The van der Waals surface area contributed by atoms with Gasteiger partial charge in [0, 0.05) is 12.7 Å². The van der Waals surface area contributed by atoms with E-state index in [4.69, 9.17) is 0 Å². The van der Waals surface area contributed by atoms with Crippen LogP contribution in [0.15, 0.2) is 24.3 Å². The van der Waals surface area contributed by atoms with Gasteiger partial charge in [0.15, 0.2) is 0 Å². The number of hydrogen-bond donors (Lipinski definition) is 1. The Labute approximate surface area is 94.2 Å². The SMILES string of the molecule is Cc1ccc(N[C@@H]2CC(=O)N(C)C2=O)cc1. The Morgan fingerprint density at radius 2 is 1.88 bits per heavy atom. The van der Waals surface area contributed by atoms with Crippen molar-refractivity contribution in [3.05, 3.63) is 29.8 Å². The fraction of sp³-hybridized carbons (Fsp3) is 0.333. The number of likely N-dealkylation sites (N-methyl/N-ethyl adjacent to an activating group) is 1. The number of imide groups is 1. The lowest BCUT2D eigenvalue weighted by Crippen LogP contribution is -2.31. The minimum atomic E-state index is -0.416. The van der Waals surface area contributed by atoms with Crippen LogP contribution in [0.4, 0.5) is 5.69 Å². The summed E-state index contributed by atoms with van der Waals surface area (Å²) in [5, 5.41) is 3.07. The van der Waals surface area contributed by atoms with Gasteiger partial charge in [-0.2, -0.15) is 0 Å². The van der Waals surface area contributed by atoms with Gasteiger partial charge in [0.2, 0.25) is 5.91 Å². The van der Waals surface area contributed by atoms with Crippen LogP contribution in [0.1, 0.15) is 12.0 Å². The van der Waals surface area contributed by atoms with Crippen LogP contribution in [0.5, 0.6) is 0 Å². The molecule has 1 saturated heterocycles. The molecule has 0 spiro atoms. The Bertz CT molecular complexity index is 425. The highest BCUT2D eigenvalue weighted by Crippen LogP contribution is 2.17. The van der Waals surface area contributed by atoms with Crippen LogP contribution in [0.3, 0.4) is 0 Å². The average Bonchev–Trinajstić information content (AvgIpc) is 2.50. The second-order valence-electron chi connectivity index (χ2n) is 4.06. The van der Waals surface area contributed by atoms with E-state index in [0.717, 1.165) is 11.3 Å². The number of nitrogens with one attached hydrogen (secondary N) is 1. The van der Waals surface area contributed by atoms with E-state index in [1.54, 1.807) is 0 Å². The number of nitrogens with zero attached hydrogens (tertiary/aromatic N) is 1. The zero-order valence-corrected chi connectivity index (χ0v) is 9.36. The van der Waals surface area contributed by atoms with E-state index in [2.05, 4.69) is 5.32 Å². The average molecular weight is 218 g/mol. The van der Waals surface area contributed by atoms with Crippen molar-refractivity contribution in [3.8, 4) is 0 Å². The highest BCUT2D eigenvalue weighted by Gasteiger charge is 2.35. The van der Waals surface area contributed by atoms with Crippen LogP contribution in [0, 0.1) is 6.92 Å². The Balaban J connectivity index is 2.09. The van der Waals surface area contributed by atoms with Gasteiger partial charge in [-0.25, -0.2) is 0 Å². The van der Waals surface area contributed by atoms with Crippen molar-refractivity contribution in [1.82, 2.24) is 4.90 Å². The van der Waals surface area contributed by atoms with Crippen molar-refractivity contribution in [2.45, 2.75) is 19.4 Å². The largest absolute Gasteiger partial charge is 0.373 e. The third-order valence-corrected chi connectivity index (χ3v) is 2.77. The first-order chi connectivity index (χ1) is 7.58. The summed E-state index contributed by atoms with van der Waals surface area (Å²) >= 11 is 0. The summed E-state index contributed by atoms with van der Waals surface area (Å²) < 4.78 is 0. The smallest absolute Gasteiger partial charge is 0.251 e. The molecule has 1 aliphatic heterocycles. The predicted molar refractivity (Wildman–Crippen MR) is 61.0 cm³/mol. The van der Waals surface area contributed by atoms with E-state index in [1.165, 1.54) is 11.9 Å². The molecule has 1 N–H and O–H groups in total. The Kier molecular flexibility index (Phi) is 2.64. The van der Waals surface area contributed by atoms with Gasteiger partial charge in [0.05, 0.1) is 6.42 Å². The van der Waals surface area contributed by atoms with Gasteiger partial charge in [0.1, 0.15) is 6.04 Å². The molecular formula is C12H14N2O2. The molecule has 4 heteroatoms. The second-order valence-corrected chi connectivity index (χ2v) is 4.06.